The molecular weight excluding hydrogens is 693 g/mol. The molecule has 3 aromatic carbocycles. The number of carbonyl (C=O) groups excluding carboxylic acids is 3. The van der Waals surface area contributed by atoms with Gasteiger partial charge in [0.1, 0.15) is 11.6 Å². The van der Waals surface area contributed by atoms with Gasteiger partial charge in [-0.05, 0) is 92.7 Å². The minimum Gasteiger partial charge on any atom is -0.371 e. The van der Waals surface area contributed by atoms with Gasteiger partial charge in [-0.1, -0.05) is 43.2 Å². The number of carbonyl (C=O) groups is 3. The minimum atomic E-state index is -0.597. The van der Waals surface area contributed by atoms with Gasteiger partial charge in [-0.15, -0.1) is 0 Å². The molecule has 13 heteroatoms. The van der Waals surface area contributed by atoms with Crippen LogP contribution in [-0.2, 0) is 22.7 Å². The molecule has 2 aromatic heterocycles. The zero-order chi connectivity index (χ0) is 37.5. The van der Waals surface area contributed by atoms with Gasteiger partial charge in [-0.2, -0.15) is 4.98 Å². The van der Waals surface area contributed by atoms with Crippen LogP contribution >= 0.6 is 0 Å². The highest BCUT2D eigenvalue weighted by atomic mass is 16.2. The molecule has 0 radical (unpaired) electrons. The summed E-state index contributed by atoms with van der Waals surface area (Å²) in [6, 6.07) is 24.9. The average Bonchev–Trinajstić information content (AvgIpc) is 3.93. The highest BCUT2D eigenvalue weighted by Gasteiger charge is 2.39. The van der Waals surface area contributed by atoms with Crippen LogP contribution in [0.5, 0.6) is 0 Å². The average molecular weight is 739 g/mol. The molecule has 282 valence electrons. The Bertz CT molecular complexity index is 2230. The molecule has 9 rings (SSSR count). The summed E-state index contributed by atoms with van der Waals surface area (Å²) < 4.78 is 2.26. The number of piperidine rings is 2. The summed E-state index contributed by atoms with van der Waals surface area (Å²) in [6.07, 6.45) is 9.18. The lowest BCUT2D eigenvalue weighted by atomic mass is 10.0. The van der Waals surface area contributed by atoms with Gasteiger partial charge in [-0.25, -0.2) is 9.97 Å². The summed E-state index contributed by atoms with van der Waals surface area (Å²) in [7, 11) is 2.18. The first kappa shape index (κ1) is 34.9. The van der Waals surface area contributed by atoms with E-state index in [1.54, 1.807) is 4.90 Å². The lowest BCUT2D eigenvalue weighted by Gasteiger charge is -2.38. The number of amides is 3. The Morgan fingerprint density at radius 1 is 0.855 bits per heavy atom. The molecule has 13 nitrogen and oxygen atoms in total. The fourth-order valence-electron chi connectivity index (χ4n) is 8.79. The quantitative estimate of drug-likeness (QED) is 0.140. The first-order chi connectivity index (χ1) is 26.9. The number of rotatable bonds is 10. The van der Waals surface area contributed by atoms with Crippen LogP contribution in [0.2, 0.25) is 0 Å². The predicted octanol–water partition coefficient (Wildman–Crippen LogP) is 6.29. The lowest BCUT2D eigenvalue weighted by Crippen LogP contribution is -2.52. The van der Waals surface area contributed by atoms with Crippen molar-refractivity contribution < 1.29 is 14.4 Å². The summed E-state index contributed by atoms with van der Waals surface area (Å²) in [5.74, 6) is 0.566. The van der Waals surface area contributed by atoms with Crippen LogP contribution in [0, 0.1) is 0 Å². The van der Waals surface area contributed by atoms with Gasteiger partial charge in [0.05, 0.1) is 6.20 Å². The standard InChI is InChI=1S/C42H46N10O3/c1-49(25-27-11-16-34-28(23-27)26-51(40(34)55)36-17-18-37(53)47-39(36)54)31-19-21-50(22-20-31)32-14-12-30(13-15-32)44-41-43-24-35-38(48-41)52(33-9-5-6-10-33)42(46-35)45-29-7-3-2-4-8-29/h2-4,7-8,11-16,23-24,31,33,36H,5-6,9-10,17-22,25-26H2,1H3,(H,45,46)(H,43,44,48)(H,47,53,54). The molecule has 5 aromatic rings. The van der Waals surface area contributed by atoms with Gasteiger partial charge in [0.2, 0.25) is 23.7 Å². The van der Waals surface area contributed by atoms with E-state index in [1.807, 2.05) is 48.7 Å². The SMILES string of the molecule is CN(Cc1ccc2c(c1)CN(C1CCC(=O)NC1=O)C2=O)C1CCN(c2ccc(Nc3ncc4nc(Nc5ccccc5)n(C5CCCC5)c4n3)cc2)CC1. The normalized spacial score (nSPS) is 19.4. The predicted molar refractivity (Wildman–Crippen MR) is 211 cm³/mol. The molecule has 0 bridgehead atoms. The molecule has 55 heavy (non-hydrogen) atoms. The number of fused-ring (bicyclic) bond motifs is 2. The number of hydrogen-bond donors (Lipinski definition) is 3. The van der Waals surface area contributed by atoms with Crippen molar-refractivity contribution in [1.29, 1.82) is 0 Å². The van der Waals surface area contributed by atoms with Gasteiger partial charge in [-0.3, -0.25) is 29.2 Å². The van der Waals surface area contributed by atoms with E-state index in [4.69, 9.17) is 9.97 Å². The first-order valence-electron chi connectivity index (χ1n) is 19.5. The van der Waals surface area contributed by atoms with Crippen LogP contribution in [0.3, 0.4) is 0 Å². The molecule has 3 amide bonds. The topological polar surface area (TPSA) is 141 Å². The van der Waals surface area contributed by atoms with Crippen molar-refractivity contribution in [3.8, 4) is 0 Å². The molecule has 2 saturated heterocycles. The van der Waals surface area contributed by atoms with Crippen molar-refractivity contribution in [3.63, 3.8) is 0 Å². The zero-order valence-electron chi connectivity index (χ0n) is 31.1. The lowest BCUT2D eigenvalue weighted by molar-refractivity contribution is -0.136. The van der Waals surface area contributed by atoms with Gasteiger partial charge < -0.3 is 20.4 Å². The van der Waals surface area contributed by atoms with E-state index in [0.717, 1.165) is 84.9 Å². The molecule has 0 spiro atoms. The third-order valence-corrected chi connectivity index (χ3v) is 11.7. The largest absolute Gasteiger partial charge is 0.371 e. The molecule has 1 unspecified atom stereocenters. The molecular formula is C42H46N10O3. The highest BCUT2D eigenvalue weighted by molar-refractivity contribution is 6.05. The third kappa shape index (κ3) is 7.11. The second kappa shape index (κ2) is 14.8. The van der Waals surface area contributed by atoms with E-state index in [9.17, 15) is 14.4 Å². The maximum absolute atomic E-state index is 13.1. The number of hydrogen-bond acceptors (Lipinski definition) is 10. The van der Waals surface area contributed by atoms with Gasteiger partial charge >= 0.3 is 0 Å². The fraction of sp³-hybridized carbons (Fsp3) is 0.381. The van der Waals surface area contributed by atoms with E-state index in [2.05, 4.69) is 72.7 Å². The summed E-state index contributed by atoms with van der Waals surface area (Å²) in [5, 5.41) is 9.32. The Morgan fingerprint density at radius 3 is 2.38 bits per heavy atom. The van der Waals surface area contributed by atoms with Crippen LogP contribution in [-0.4, -0.2) is 79.3 Å². The molecule has 3 fully saturated rings. The Hall–Kier alpha value is -5.82. The van der Waals surface area contributed by atoms with Crippen molar-refractivity contribution >= 4 is 57.8 Å². The smallest absolute Gasteiger partial charge is 0.255 e. The van der Waals surface area contributed by atoms with E-state index in [-0.39, 0.29) is 24.1 Å². The van der Waals surface area contributed by atoms with Crippen molar-refractivity contribution in [2.24, 2.45) is 0 Å². The van der Waals surface area contributed by atoms with Crippen molar-refractivity contribution in [3.05, 3.63) is 95.7 Å². The van der Waals surface area contributed by atoms with Crippen LogP contribution in [0.1, 0.15) is 78.9 Å². The number of para-hydroxylation sites is 1. The van der Waals surface area contributed by atoms with Gasteiger partial charge in [0.25, 0.3) is 5.91 Å². The Morgan fingerprint density at radius 2 is 1.62 bits per heavy atom. The molecule has 3 aliphatic heterocycles. The number of imide groups is 1. The Labute approximate surface area is 320 Å². The monoisotopic (exact) mass is 738 g/mol. The Kier molecular flexibility index (Phi) is 9.38. The maximum atomic E-state index is 13.1. The van der Waals surface area contributed by atoms with E-state index in [0.29, 0.717) is 36.6 Å². The summed E-state index contributed by atoms with van der Waals surface area (Å²) >= 11 is 0. The van der Waals surface area contributed by atoms with E-state index >= 15 is 0 Å². The first-order valence-corrected chi connectivity index (χ1v) is 19.5. The molecule has 1 atom stereocenters. The van der Waals surface area contributed by atoms with Crippen molar-refractivity contribution in [1.82, 2.24) is 34.6 Å². The van der Waals surface area contributed by atoms with Crippen LogP contribution in [0.15, 0.2) is 79.0 Å². The molecule has 1 aliphatic carbocycles. The molecule has 4 aliphatic rings. The third-order valence-electron chi connectivity index (χ3n) is 11.7. The highest BCUT2D eigenvalue weighted by Crippen LogP contribution is 2.36. The van der Waals surface area contributed by atoms with Crippen molar-refractivity contribution in [2.45, 2.75) is 82.6 Å². The van der Waals surface area contributed by atoms with E-state index < -0.39 is 6.04 Å². The van der Waals surface area contributed by atoms with E-state index in [1.165, 1.54) is 18.5 Å². The zero-order valence-corrected chi connectivity index (χ0v) is 31.1. The van der Waals surface area contributed by atoms with Gasteiger partial charge in [0.15, 0.2) is 5.65 Å². The maximum Gasteiger partial charge on any atom is 0.255 e. The van der Waals surface area contributed by atoms with Gasteiger partial charge in [0, 0.05) is 67.3 Å². The van der Waals surface area contributed by atoms with Crippen LogP contribution < -0.4 is 20.9 Å². The number of aromatic nitrogens is 4. The number of benzene rings is 3. The van der Waals surface area contributed by atoms with Crippen LogP contribution in [0.4, 0.5) is 29.0 Å². The summed E-state index contributed by atoms with van der Waals surface area (Å²) in [4.78, 5) is 58.2. The second-order valence-corrected chi connectivity index (χ2v) is 15.3. The minimum absolute atomic E-state index is 0.135. The number of imidazole rings is 1. The summed E-state index contributed by atoms with van der Waals surface area (Å²) in [5.41, 5.74) is 7.50. The number of nitrogens with zero attached hydrogens (tertiary/aromatic N) is 7. The summed E-state index contributed by atoms with van der Waals surface area (Å²) in [6.45, 7) is 3.11. The molecule has 5 heterocycles. The molecule has 1 saturated carbocycles. The van der Waals surface area contributed by atoms with Crippen molar-refractivity contribution in [2.75, 3.05) is 35.7 Å². The second-order valence-electron chi connectivity index (χ2n) is 15.3. The fourth-order valence-corrected chi connectivity index (χ4v) is 8.79. The number of nitrogens with one attached hydrogen (secondary N) is 3. The number of anilines is 5. The molecule has 3 N–H and O–H groups in total. The Balaban J connectivity index is 0.805. The van der Waals surface area contributed by atoms with Crippen LogP contribution in [0.25, 0.3) is 11.2 Å².